The maximum absolute atomic E-state index is 5.86. The van der Waals surface area contributed by atoms with Crippen molar-refractivity contribution in [3.8, 4) is 0 Å². The van der Waals surface area contributed by atoms with E-state index in [2.05, 4.69) is 41.1 Å². The van der Waals surface area contributed by atoms with Crippen LogP contribution in [0.5, 0.6) is 0 Å². The summed E-state index contributed by atoms with van der Waals surface area (Å²) in [5.41, 5.74) is 1.34. The number of hydrogen-bond acceptors (Lipinski definition) is 1. The summed E-state index contributed by atoms with van der Waals surface area (Å²) in [5.74, 6) is 0. The fraction of sp³-hybridized carbons (Fsp3) is 0.143. The zero-order valence-electron chi connectivity index (χ0n) is 9.41. The Balaban J connectivity index is 2.19. The minimum Gasteiger partial charge on any atom is -0.0901 e. The molecule has 0 amide bonds. The van der Waals surface area contributed by atoms with Gasteiger partial charge in [0.05, 0.1) is 0 Å². The highest BCUT2D eigenvalue weighted by molar-refractivity contribution is 9.10. The van der Waals surface area contributed by atoms with Crippen LogP contribution in [0.15, 0.2) is 56.7 Å². The Bertz CT molecular complexity index is 508. The van der Waals surface area contributed by atoms with Gasteiger partial charge >= 0.3 is 0 Å². The Morgan fingerprint density at radius 3 is 2.29 bits per heavy atom. The minimum absolute atomic E-state index is 0.775. The first-order chi connectivity index (χ1) is 8.19. The van der Waals surface area contributed by atoms with Gasteiger partial charge in [-0.3, -0.25) is 0 Å². The van der Waals surface area contributed by atoms with Crippen molar-refractivity contribution in [2.45, 2.75) is 23.1 Å². The highest BCUT2D eigenvalue weighted by atomic mass is 79.9. The molecule has 2 aromatic rings. The first-order valence-corrected chi connectivity index (χ1v) is 7.39. The summed E-state index contributed by atoms with van der Waals surface area (Å²) in [4.78, 5) is 2.43. The van der Waals surface area contributed by atoms with E-state index in [1.54, 1.807) is 11.8 Å². The summed E-state index contributed by atoms with van der Waals surface area (Å²) in [7, 11) is 0. The van der Waals surface area contributed by atoms with Gasteiger partial charge in [-0.05, 0) is 48.4 Å². The maximum Gasteiger partial charge on any atom is 0.0406 e. The molecule has 2 aromatic carbocycles. The molecule has 17 heavy (non-hydrogen) atoms. The monoisotopic (exact) mass is 326 g/mol. The molecule has 0 aliphatic carbocycles. The first kappa shape index (κ1) is 13.0. The number of halogens is 2. The quantitative estimate of drug-likeness (QED) is 0.685. The van der Waals surface area contributed by atoms with Crippen molar-refractivity contribution in [3.05, 3.63) is 57.5 Å². The van der Waals surface area contributed by atoms with Crippen molar-refractivity contribution in [1.29, 1.82) is 0 Å². The fourth-order valence-electron chi connectivity index (χ4n) is 1.52. The van der Waals surface area contributed by atoms with Crippen LogP contribution in [-0.4, -0.2) is 0 Å². The van der Waals surface area contributed by atoms with Crippen molar-refractivity contribution in [3.63, 3.8) is 0 Å². The van der Waals surface area contributed by atoms with Crippen LogP contribution < -0.4 is 0 Å². The Hall–Kier alpha value is -0.440. The third kappa shape index (κ3) is 3.51. The highest BCUT2D eigenvalue weighted by Crippen LogP contribution is 2.31. The second-order valence-electron chi connectivity index (χ2n) is 3.66. The molecule has 0 aliphatic heterocycles. The molecule has 0 heterocycles. The molecular weight excluding hydrogens is 316 g/mol. The summed E-state index contributed by atoms with van der Waals surface area (Å²) in [6.45, 7) is 2.16. The molecule has 0 aromatic heterocycles. The molecule has 0 unspecified atom stereocenters. The fourth-order valence-corrected chi connectivity index (χ4v) is 3.31. The first-order valence-electron chi connectivity index (χ1n) is 5.41. The van der Waals surface area contributed by atoms with Crippen molar-refractivity contribution in [2.75, 3.05) is 0 Å². The van der Waals surface area contributed by atoms with E-state index in [0.717, 1.165) is 11.4 Å². The van der Waals surface area contributed by atoms with Gasteiger partial charge < -0.3 is 0 Å². The van der Waals surface area contributed by atoms with Gasteiger partial charge in [-0.15, -0.1) is 0 Å². The van der Waals surface area contributed by atoms with Gasteiger partial charge in [-0.2, -0.15) is 0 Å². The molecule has 0 nitrogen and oxygen atoms in total. The molecule has 0 bridgehead atoms. The van der Waals surface area contributed by atoms with Crippen LogP contribution in [0.3, 0.4) is 0 Å². The van der Waals surface area contributed by atoms with Gasteiger partial charge in [-0.25, -0.2) is 0 Å². The molecule has 0 saturated carbocycles. The largest absolute Gasteiger partial charge is 0.0901 e. The zero-order chi connectivity index (χ0) is 12.3. The van der Waals surface area contributed by atoms with Crippen LogP contribution in [0.4, 0.5) is 0 Å². The molecule has 0 atom stereocenters. The second-order valence-corrected chi connectivity index (χ2v) is 6.10. The standard InChI is InChI=1S/C14H12BrClS/c1-2-10-3-6-13(9-14(10)15)17-12-7-4-11(16)5-8-12/h3-9H,2H2,1H3. The van der Waals surface area contributed by atoms with Crippen LogP contribution in [0, 0.1) is 0 Å². The molecular formula is C14H12BrClS. The van der Waals surface area contributed by atoms with E-state index in [4.69, 9.17) is 11.6 Å². The van der Waals surface area contributed by atoms with Crippen LogP contribution in [0.1, 0.15) is 12.5 Å². The van der Waals surface area contributed by atoms with Gasteiger partial charge in [0, 0.05) is 19.3 Å². The van der Waals surface area contributed by atoms with Crippen LogP contribution in [0.25, 0.3) is 0 Å². The molecule has 0 N–H and O–H groups in total. The summed E-state index contributed by atoms with van der Waals surface area (Å²) < 4.78 is 1.18. The minimum atomic E-state index is 0.775. The second kappa shape index (κ2) is 5.94. The summed E-state index contributed by atoms with van der Waals surface area (Å²) in [6, 6.07) is 14.4. The van der Waals surface area contributed by atoms with Gasteiger partial charge in [0.2, 0.25) is 0 Å². The van der Waals surface area contributed by atoms with Crippen molar-refractivity contribution in [1.82, 2.24) is 0 Å². The molecule has 3 heteroatoms. The lowest BCUT2D eigenvalue weighted by molar-refractivity contribution is 1.12. The van der Waals surface area contributed by atoms with Gasteiger partial charge in [0.15, 0.2) is 0 Å². The third-order valence-electron chi connectivity index (χ3n) is 2.45. The van der Waals surface area contributed by atoms with Gasteiger partial charge in [0.1, 0.15) is 0 Å². The van der Waals surface area contributed by atoms with Crippen molar-refractivity contribution >= 4 is 39.3 Å². The predicted molar refractivity (Wildman–Crippen MR) is 79.1 cm³/mol. The van der Waals surface area contributed by atoms with E-state index in [1.807, 2.05) is 24.3 Å². The van der Waals surface area contributed by atoms with Gasteiger partial charge in [-0.1, -0.05) is 52.3 Å². The summed E-state index contributed by atoms with van der Waals surface area (Å²) >= 11 is 11.2. The molecule has 0 fully saturated rings. The SMILES string of the molecule is CCc1ccc(Sc2ccc(Cl)cc2)cc1Br. The highest BCUT2D eigenvalue weighted by Gasteiger charge is 2.01. The lowest BCUT2D eigenvalue weighted by atomic mass is 10.2. The third-order valence-corrected chi connectivity index (χ3v) is 4.44. The molecule has 0 saturated heterocycles. The lowest BCUT2D eigenvalue weighted by Crippen LogP contribution is -1.82. The number of benzene rings is 2. The Morgan fingerprint density at radius 1 is 1.06 bits per heavy atom. The van der Waals surface area contributed by atoms with Crippen molar-refractivity contribution < 1.29 is 0 Å². The number of hydrogen-bond donors (Lipinski definition) is 0. The lowest BCUT2D eigenvalue weighted by Gasteiger charge is -2.05. The molecule has 0 aliphatic rings. The van der Waals surface area contributed by atoms with E-state index in [9.17, 15) is 0 Å². The van der Waals surface area contributed by atoms with Crippen LogP contribution in [0.2, 0.25) is 5.02 Å². The predicted octanol–water partition coefficient (Wildman–Crippen LogP) is 5.82. The van der Waals surface area contributed by atoms with Crippen molar-refractivity contribution in [2.24, 2.45) is 0 Å². The zero-order valence-corrected chi connectivity index (χ0v) is 12.6. The van der Waals surface area contributed by atoms with Crippen LogP contribution >= 0.6 is 39.3 Å². The van der Waals surface area contributed by atoms with E-state index >= 15 is 0 Å². The molecule has 0 spiro atoms. The summed E-state index contributed by atoms with van der Waals surface area (Å²) in [5, 5.41) is 0.775. The Labute approximate surface area is 120 Å². The van der Waals surface area contributed by atoms with Crippen LogP contribution in [-0.2, 0) is 6.42 Å². The smallest absolute Gasteiger partial charge is 0.0406 e. The molecule has 0 radical (unpaired) electrons. The van der Waals surface area contributed by atoms with E-state index < -0.39 is 0 Å². The summed E-state index contributed by atoms with van der Waals surface area (Å²) in [6.07, 6.45) is 1.05. The van der Waals surface area contributed by atoms with E-state index in [-0.39, 0.29) is 0 Å². The molecule has 88 valence electrons. The Kier molecular flexibility index (Phi) is 4.55. The number of rotatable bonds is 3. The maximum atomic E-state index is 5.86. The van der Waals surface area contributed by atoms with E-state index in [1.165, 1.54) is 19.8 Å². The van der Waals surface area contributed by atoms with E-state index in [0.29, 0.717) is 0 Å². The Morgan fingerprint density at radius 2 is 1.71 bits per heavy atom. The average molecular weight is 328 g/mol. The topological polar surface area (TPSA) is 0 Å². The molecule has 2 rings (SSSR count). The number of aryl methyl sites for hydroxylation is 1. The van der Waals surface area contributed by atoms with Gasteiger partial charge in [0.25, 0.3) is 0 Å². The normalized spacial score (nSPS) is 10.5. The average Bonchev–Trinajstić information content (AvgIpc) is 2.32.